The summed E-state index contributed by atoms with van der Waals surface area (Å²) in [4.78, 5) is 18.5. The largest absolute Gasteiger partial charge is 0.455 e. The highest BCUT2D eigenvalue weighted by Crippen LogP contribution is 2.04. The first-order chi connectivity index (χ1) is 8.65. The predicted molar refractivity (Wildman–Crippen MR) is 69.7 cm³/mol. The maximum absolute atomic E-state index is 11.8. The van der Waals surface area contributed by atoms with Crippen LogP contribution in [0.4, 0.5) is 0 Å². The molecule has 0 spiro atoms. The van der Waals surface area contributed by atoms with E-state index in [4.69, 9.17) is 17.0 Å². The summed E-state index contributed by atoms with van der Waals surface area (Å²) in [6.45, 7) is 2.03. The highest BCUT2D eigenvalue weighted by atomic mass is 32.1. The van der Waals surface area contributed by atoms with Crippen LogP contribution < -0.4 is 0 Å². The molecule has 0 amide bonds. The van der Waals surface area contributed by atoms with Crippen LogP contribution in [-0.2, 0) is 11.3 Å². The Hall–Kier alpha value is -2.01. The standard InChI is InChI=1S/C13H12N2O2S/c1-9-7-11(18)15-12(14-9)13(16)17-8-10-5-3-2-4-6-10/h2-7H,8H2,1H3,(H,14,15,18). The van der Waals surface area contributed by atoms with Gasteiger partial charge >= 0.3 is 5.97 Å². The molecule has 0 atom stereocenters. The second-order valence-corrected chi connectivity index (χ2v) is 4.23. The van der Waals surface area contributed by atoms with E-state index in [1.54, 1.807) is 6.07 Å². The number of carbonyl (C=O) groups is 1. The average Bonchev–Trinajstić information content (AvgIpc) is 2.36. The number of benzene rings is 1. The summed E-state index contributed by atoms with van der Waals surface area (Å²) >= 11 is 4.95. The maximum atomic E-state index is 11.8. The van der Waals surface area contributed by atoms with Crippen molar-refractivity contribution in [2.45, 2.75) is 13.5 Å². The monoisotopic (exact) mass is 260 g/mol. The van der Waals surface area contributed by atoms with Crippen LogP contribution in [0.15, 0.2) is 36.4 Å². The van der Waals surface area contributed by atoms with Crippen LogP contribution in [-0.4, -0.2) is 15.9 Å². The summed E-state index contributed by atoms with van der Waals surface area (Å²) in [5.74, 6) is -0.371. The topological polar surface area (TPSA) is 55.0 Å². The fourth-order valence-electron chi connectivity index (χ4n) is 1.47. The molecule has 1 N–H and O–H groups in total. The van der Waals surface area contributed by atoms with E-state index in [2.05, 4.69) is 9.97 Å². The summed E-state index contributed by atoms with van der Waals surface area (Å²) in [5, 5.41) is 0. The number of nitrogens with zero attached hydrogens (tertiary/aromatic N) is 1. The molecule has 0 radical (unpaired) electrons. The molecule has 18 heavy (non-hydrogen) atoms. The molecule has 0 unspecified atom stereocenters. The molecule has 0 aliphatic carbocycles. The SMILES string of the molecule is Cc1cc(=S)nc(C(=O)OCc2ccccc2)[nH]1. The van der Waals surface area contributed by atoms with Crippen molar-refractivity contribution in [2.75, 3.05) is 0 Å². The van der Waals surface area contributed by atoms with Crippen LogP contribution in [0.25, 0.3) is 0 Å². The molecule has 1 aromatic carbocycles. The Kier molecular flexibility index (Phi) is 3.84. The third-order valence-electron chi connectivity index (χ3n) is 2.28. The number of rotatable bonds is 3. The van der Waals surface area contributed by atoms with Gasteiger partial charge in [0.15, 0.2) is 0 Å². The number of aromatic nitrogens is 2. The smallest absolute Gasteiger partial charge is 0.374 e. The van der Waals surface area contributed by atoms with Gasteiger partial charge in [-0.2, -0.15) is 0 Å². The number of aromatic amines is 1. The minimum atomic E-state index is -0.506. The third-order valence-corrected chi connectivity index (χ3v) is 2.49. The van der Waals surface area contributed by atoms with Crippen LogP contribution >= 0.6 is 12.2 Å². The molecule has 92 valence electrons. The summed E-state index contributed by atoms with van der Waals surface area (Å²) in [7, 11) is 0. The van der Waals surface area contributed by atoms with Crippen molar-refractivity contribution in [2.24, 2.45) is 0 Å². The predicted octanol–water partition coefficient (Wildman–Crippen LogP) is 2.80. The van der Waals surface area contributed by atoms with E-state index in [1.807, 2.05) is 37.3 Å². The van der Waals surface area contributed by atoms with Crippen molar-refractivity contribution < 1.29 is 9.53 Å². The van der Waals surface area contributed by atoms with E-state index in [-0.39, 0.29) is 12.4 Å². The minimum Gasteiger partial charge on any atom is -0.455 e. The van der Waals surface area contributed by atoms with Gasteiger partial charge < -0.3 is 9.72 Å². The zero-order chi connectivity index (χ0) is 13.0. The van der Waals surface area contributed by atoms with Gasteiger partial charge in [-0.3, -0.25) is 0 Å². The van der Waals surface area contributed by atoms with Crippen molar-refractivity contribution in [3.63, 3.8) is 0 Å². The normalized spacial score (nSPS) is 10.1. The quantitative estimate of drug-likeness (QED) is 0.681. The highest BCUT2D eigenvalue weighted by molar-refractivity contribution is 7.71. The molecule has 4 nitrogen and oxygen atoms in total. The fourth-order valence-corrected chi connectivity index (χ4v) is 1.73. The summed E-state index contributed by atoms with van der Waals surface area (Å²) in [5.41, 5.74) is 1.71. The number of H-pyrrole nitrogens is 1. The Bertz CT molecular complexity index is 608. The zero-order valence-electron chi connectivity index (χ0n) is 9.84. The molecule has 0 bridgehead atoms. The summed E-state index contributed by atoms with van der Waals surface area (Å²) < 4.78 is 5.52. The lowest BCUT2D eigenvalue weighted by Crippen LogP contribution is -2.10. The molecule has 0 saturated carbocycles. The van der Waals surface area contributed by atoms with E-state index < -0.39 is 5.97 Å². The lowest BCUT2D eigenvalue weighted by molar-refractivity contribution is 0.0457. The van der Waals surface area contributed by atoms with E-state index >= 15 is 0 Å². The van der Waals surface area contributed by atoms with Gasteiger partial charge in [0.1, 0.15) is 11.2 Å². The van der Waals surface area contributed by atoms with Crippen molar-refractivity contribution in [3.8, 4) is 0 Å². The van der Waals surface area contributed by atoms with Crippen molar-refractivity contribution in [1.82, 2.24) is 9.97 Å². The van der Waals surface area contributed by atoms with Gasteiger partial charge in [0.25, 0.3) is 0 Å². The number of hydrogen-bond donors (Lipinski definition) is 1. The second-order valence-electron chi connectivity index (χ2n) is 3.81. The van der Waals surface area contributed by atoms with Gasteiger partial charge in [-0.25, -0.2) is 9.78 Å². The van der Waals surface area contributed by atoms with Crippen LogP contribution in [0.2, 0.25) is 0 Å². The molecule has 2 rings (SSSR count). The van der Waals surface area contributed by atoms with Crippen LogP contribution in [0.5, 0.6) is 0 Å². The first-order valence-electron chi connectivity index (χ1n) is 5.44. The van der Waals surface area contributed by atoms with Crippen molar-refractivity contribution in [3.05, 3.63) is 58.1 Å². The lowest BCUT2D eigenvalue weighted by Gasteiger charge is -2.05. The Morgan fingerprint density at radius 2 is 2.11 bits per heavy atom. The molecule has 0 saturated heterocycles. The first-order valence-corrected chi connectivity index (χ1v) is 5.85. The van der Waals surface area contributed by atoms with Gasteiger partial charge in [0.05, 0.1) is 0 Å². The number of nitrogens with one attached hydrogen (secondary N) is 1. The molecule has 0 aliphatic heterocycles. The van der Waals surface area contributed by atoms with Crippen LogP contribution in [0, 0.1) is 11.6 Å². The Morgan fingerprint density at radius 3 is 2.78 bits per heavy atom. The van der Waals surface area contributed by atoms with E-state index in [0.29, 0.717) is 4.64 Å². The summed E-state index contributed by atoms with van der Waals surface area (Å²) in [6.07, 6.45) is 0. The van der Waals surface area contributed by atoms with E-state index in [9.17, 15) is 4.79 Å². The molecule has 2 aromatic rings. The highest BCUT2D eigenvalue weighted by Gasteiger charge is 2.10. The van der Waals surface area contributed by atoms with Gasteiger partial charge in [-0.1, -0.05) is 42.5 Å². The minimum absolute atomic E-state index is 0.135. The van der Waals surface area contributed by atoms with Gasteiger partial charge in [0, 0.05) is 5.69 Å². The zero-order valence-corrected chi connectivity index (χ0v) is 10.7. The van der Waals surface area contributed by atoms with Gasteiger partial charge in [-0.05, 0) is 18.6 Å². The van der Waals surface area contributed by atoms with Crippen LogP contribution in [0.1, 0.15) is 21.9 Å². The molecule has 1 heterocycles. The second kappa shape index (κ2) is 5.55. The number of aryl methyl sites for hydroxylation is 1. The maximum Gasteiger partial charge on any atom is 0.374 e. The Morgan fingerprint density at radius 1 is 1.39 bits per heavy atom. The summed E-state index contributed by atoms with van der Waals surface area (Å²) in [6, 6.07) is 11.1. The van der Waals surface area contributed by atoms with Gasteiger partial charge in [-0.15, -0.1) is 0 Å². The number of carbonyl (C=O) groups excluding carboxylic acids is 1. The lowest BCUT2D eigenvalue weighted by atomic mass is 10.2. The molecule has 1 aromatic heterocycles. The van der Waals surface area contributed by atoms with E-state index in [0.717, 1.165) is 11.3 Å². The first kappa shape index (κ1) is 12.4. The number of ether oxygens (including phenoxy) is 1. The molecule has 5 heteroatoms. The molecular weight excluding hydrogens is 248 g/mol. The average molecular weight is 260 g/mol. The van der Waals surface area contributed by atoms with Crippen molar-refractivity contribution in [1.29, 1.82) is 0 Å². The number of hydrogen-bond acceptors (Lipinski definition) is 4. The van der Waals surface area contributed by atoms with Crippen LogP contribution in [0.3, 0.4) is 0 Å². The Labute approximate surface area is 110 Å². The molecule has 0 fully saturated rings. The molecular formula is C13H12N2O2S. The Balaban J connectivity index is 2.06. The molecule has 0 aliphatic rings. The number of esters is 1. The van der Waals surface area contributed by atoms with Crippen molar-refractivity contribution >= 4 is 18.2 Å². The van der Waals surface area contributed by atoms with Gasteiger partial charge in [0.2, 0.25) is 5.82 Å². The fraction of sp³-hybridized carbons (Fsp3) is 0.154. The van der Waals surface area contributed by atoms with E-state index in [1.165, 1.54) is 0 Å². The third kappa shape index (κ3) is 3.24.